The first-order chi connectivity index (χ1) is 12.9. The first-order valence-corrected chi connectivity index (χ1v) is 8.49. The molecule has 1 aliphatic rings. The summed E-state index contributed by atoms with van der Waals surface area (Å²) in [4.78, 5) is 38.1. The molecule has 140 valence electrons. The number of benzene rings is 2. The third kappa shape index (κ3) is 3.76. The fourth-order valence-electron chi connectivity index (χ4n) is 3.01. The van der Waals surface area contributed by atoms with E-state index in [4.69, 9.17) is 0 Å². The summed E-state index contributed by atoms with van der Waals surface area (Å²) in [6.07, 6.45) is 0.0805. The Balaban J connectivity index is 1.73. The number of para-hydroxylation sites is 1. The lowest BCUT2D eigenvalue weighted by Gasteiger charge is -2.17. The second-order valence-corrected chi connectivity index (χ2v) is 6.42. The van der Waals surface area contributed by atoms with Crippen LogP contribution in [0.25, 0.3) is 0 Å². The van der Waals surface area contributed by atoms with Gasteiger partial charge in [0.15, 0.2) is 5.75 Å². The number of hydrogen-bond donors (Lipinski definition) is 2. The van der Waals surface area contributed by atoms with Crippen LogP contribution in [0.2, 0.25) is 0 Å². The summed E-state index contributed by atoms with van der Waals surface area (Å²) in [6.45, 7) is 2.21. The highest BCUT2D eigenvalue weighted by molar-refractivity contribution is 6.04. The number of phenols is 1. The van der Waals surface area contributed by atoms with E-state index in [2.05, 4.69) is 10.1 Å². The Morgan fingerprint density at radius 3 is 2.56 bits per heavy atom. The maximum Gasteiger partial charge on any atom is 0.341 e. The fraction of sp³-hybridized carbons (Fsp3) is 0.250. The van der Waals surface area contributed by atoms with Crippen molar-refractivity contribution in [1.29, 1.82) is 0 Å². The molecule has 7 heteroatoms. The Morgan fingerprint density at radius 1 is 1.19 bits per heavy atom. The van der Waals surface area contributed by atoms with Gasteiger partial charge in [-0.15, -0.1) is 0 Å². The van der Waals surface area contributed by atoms with E-state index in [9.17, 15) is 19.5 Å². The average Bonchev–Trinajstić information content (AvgIpc) is 3.05. The molecule has 0 radical (unpaired) electrons. The molecule has 2 aromatic rings. The van der Waals surface area contributed by atoms with Crippen molar-refractivity contribution < 1.29 is 24.2 Å². The van der Waals surface area contributed by atoms with Crippen LogP contribution in [0.1, 0.15) is 22.3 Å². The number of nitrogens with zero attached hydrogens (tertiary/aromatic N) is 1. The fourth-order valence-corrected chi connectivity index (χ4v) is 3.01. The number of rotatable bonds is 4. The normalized spacial score (nSPS) is 16.3. The molecule has 1 fully saturated rings. The number of anilines is 2. The maximum atomic E-state index is 12.6. The first kappa shape index (κ1) is 18.4. The van der Waals surface area contributed by atoms with Crippen molar-refractivity contribution in [2.45, 2.75) is 13.3 Å². The molecule has 1 saturated heterocycles. The number of aromatic hydroxyl groups is 1. The van der Waals surface area contributed by atoms with Crippen LogP contribution in [0.5, 0.6) is 5.75 Å². The van der Waals surface area contributed by atoms with Crippen molar-refractivity contribution in [3.63, 3.8) is 0 Å². The molecule has 3 rings (SSSR count). The summed E-state index contributed by atoms with van der Waals surface area (Å²) in [6, 6.07) is 11.9. The number of hydrogen-bond acceptors (Lipinski definition) is 5. The van der Waals surface area contributed by atoms with Crippen molar-refractivity contribution in [1.82, 2.24) is 0 Å². The predicted molar refractivity (Wildman–Crippen MR) is 99.7 cm³/mol. The van der Waals surface area contributed by atoms with Gasteiger partial charge >= 0.3 is 5.97 Å². The number of carbonyl (C=O) groups is 3. The molecule has 1 atom stereocenters. The number of nitrogens with one attached hydrogen (secondary N) is 1. The number of phenolic OH excluding ortho intramolecular Hbond substituents is 1. The summed E-state index contributed by atoms with van der Waals surface area (Å²) in [5.74, 6) is -2.15. The summed E-state index contributed by atoms with van der Waals surface area (Å²) in [5, 5.41) is 12.8. The van der Waals surface area contributed by atoms with Crippen LogP contribution in [-0.4, -0.2) is 36.5 Å². The lowest BCUT2D eigenvalue weighted by atomic mass is 10.1. The molecule has 0 bridgehead atoms. The van der Waals surface area contributed by atoms with Gasteiger partial charge in [-0.1, -0.05) is 23.8 Å². The van der Waals surface area contributed by atoms with Gasteiger partial charge in [-0.05, 0) is 31.2 Å². The van der Waals surface area contributed by atoms with Crippen molar-refractivity contribution in [2.24, 2.45) is 5.92 Å². The molecule has 27 heavy (non-hydrogen) atoms. The molecular weight excluding hydrogens is 348 g/mol. The van der Waals surface area contributed by atoms with Crippen molar-refractivity contribution >= 4 is 29.2 Å². The van der Waals surface area contributed by atoms with E-state index in [0.29, 0.717) is 0 Å². The molecule has 2 aromatic carbocycles. The third-order valence-electron chi connectivity index (χ3n) is 4.54. The van der Waals surface area contributed by atoms with Crippen LogP contribution in [0, 0.1) is 12.8 Å². The minimum Gasteiger partial charge on any atom is -0.505 e. The third-order valence-corrected chi connectivity index (χ3v) is 4.54. The topological polar surface area (TPSA) is 95.9 Å². The van der Waals surface area contributed by atoms with E-state index in [1.165, 1.54) is 25.3 Å². The molecule has 0 aromatic heterocycles. The van der Waals surface area contributed by atoms with E-state index in [1.54, 1.807) is 4.90 Å². The van der Waals surface area contributed by atoms with Crippen molar-refractivity contribution in [3.05, 3.63) is 53.6 Å². The minimum absolute atomic E-state index is 0.0425. The quantitative estimate of drug-likeness (QED) is 0.638. The van der Waals surface area contributed by atoms with Gasteiger partial charge in [0.1, 0.15) is 5.56 Å². The van der Waals surface area contributed by atoms with Crippen LogP contribution in [0.3, 0.4) is 0 Å². The van der Waals surface area contributed by atoms with Gasteiger partial charge in [0.2, 0.25) is 11.8 Å². The standard InChI is InChI=1S/C20H20N2O5/c1-12-6-8-14(9-7-12)22-11-13(10-17(22)23)19(25)21-16-5-3-4-15(18(16)24)20(26)27-2/h3-9,13,24H,10-11H2,1-2H3,(H,21,25). The number of methoxy groups -OCH3 is 1. The summed E-state index contributed by atoms with van der Waals surface area (Å²) >= 11 is 0. The zero-order valence-electron chi connectivity index (χ0n) is 15.1. The smallest absolute Gasteiger partial charge is 0.341 e. The lowest BCUT2D eigenvalue weighted by Crippen LogP contribution is -2.28. The van der Waals surface area contributed by atoms with Crippen LogP contribution in [-0.2, 0) is 14.3 Å². The molecule has 2 amide bonds. The van der Waals surface area contributed by atoms with Gasteiger partial charge in [0, 0.05) is 18.7 Å². The van der Waals surface area contributed by atoms with Gasteiger partial charge in [-0.2, -0.15) is 0 Å². The largest absolute Gasteiger partial charge is 0.505 e. The maximum absolute atomic E-state index is 12.6. The Hall–Kier alpha value is -3.35. The number of aryl methyl sites for hydroxylation is 1. The van der Waals surface area contributed by atoms with Crippen LogP contribution in [0.4, 0.5) is 11.4 Å². The molecule has 0 spiro atoms. The molecule has 1 unspecified atom stereocenters. The van der Waals surface area contributed by atoms with Crippen LogP contribution < -0.4 is 10.2 Å². The Labute approximate surface area is 156 Å². The Bertz CT molecular complexity index is 892. The summed E-state index contributed by atoms with van der Waals surface area (Å²) < 4.78 is 4.60. The van der Waals surface area contributed by atoms with E-state index in [1.807, 2.05) is 31.2 Å². The molecule has 0 saturated carbocycles. The summed E-state index contributed by atoms with van der Waals surface area (Å²) in [5.41, 5.74) is 1.89. The predicted octanol–water partition coefficient (Wildman–Crippen LogP) is 2.48. The molecule has 7 nitrogen and oxygen atoms in total. The SMILES string of the molecule is COC(=O)c1cccc(NC(=O)C2CC(=O)N(c3ccc(C)cc3)C2)c1O. The Kier molecular flexibility index (Phi) is 5.12. The van der Waals surface area contributed by atoms with Crippen molar-refractivity contribution in [3.8, 4) is 5.75 Å². The van der Waals surface area contributed by atoms with Gasteiger partial charge in [0.05, 0.1) is 18.7 Å². The molecule has 1 aliphatic heterocycles. The van der Waals surface area contributed by atoms with Gasteiger partial charge < -0.3 is 20.1 Å². The van der Waals surface area contributed by atoms with E-state index in [-0.39, 0.29) is 35.9 Å². The highest BCUT2D eigenvalue weighted by Crippen LogP contribution is 2.30. The van der Waals surface area contributed by atoms with E-state index >= 15 is 0 Å². The van der Waals surface area contributed by atoms with Crippen LogP contribution in [0.15, 0.2) is 42.5 Å². The molecule has 2 N–H and O–H groups in total. The molecule has 1 heterocycles. The van der Waals surface area contributed by atoms with Gasteiger partial charge in [-0.25, -0.2) is 4.79 Å². The number of ether oxygens (including phenoxy) is 1. The number of carbonyl (C=O) groups excluding carboxylic acids is 3. The minimum atomic E-state index is -0.704. The van der Waals surface area contributed by atoms with E-state index < -0.39 is 17.8 Å². The molecular formula is C20H20N2O5. The zero-order chi connectivity index (χ0) is 19.6. The van der Waals surface area contributed by atoms with E-state index in [0.717, 1.165) is 11.3 Å². The van der Waals surface area contributed by atoms with Gasteiger partial charge in [0.25, 0.3) is 0 Å². The van der Waals surface area contributed by atoms with Crippen molar-refractivity contribution in [2.75, 3.05) is 23.9 Å². The highest BCUT2D eigenvalue weighted by Gasteiger charge is 2.35. The monoisotopic (exact) mass is 368 g/mol. The second kappa shape index (κ2) is 7.49. The second-order valence-electron chi connectivity index (χ2n) is 6.42. The van der Waals surface area contributed by atoms with Gasteiger partial charge in [-0.3, -0.25) is 9.59 Å². The Morgan fingerprint density at radius 2 is 1.89 bits per heavy atom. The molecule has 0 aliphatic carbocycles. The average molecular weight is 368 g/mol. The first-order valence-electron chi connectivity index (χ1n) is 8.49. The summed E-state index contributed by atoms with van der Waals surface area (Å²) in [7, 11) is 1.21. The zero-order valence-corrected chi connectivity index (χ0v) is 15.1. The lowest BCUT2D eigenvalue weighted by molar-refractivity contribution is -0.122. The highest BCUT2D eigenvalue weighted by atomic mass is 16.5. The number of amides is 2. The van der Waals surface area contributed by atoms with Crippen LogP contribution >= 0.6 is 0 Å². The number of esters is 1.